The van der Waals surface area contributed by atoms with E-state index < -0.39 is 6.10 Å². The minimum Gasteiger partial charge on any atom is -0.391 e. The van der Waals surface area contributed by atoms with Crippen LogP contribution in [0.3, 0.4) is 0 Å². The fourth-order valence-corrected chi connectivity index (χ4v) is 2.68. The van der Waals surface area contributed by atoms with E-state index in [0.717, 1.165) is 19.3 Å². The monoisotopic (exact) mass is 318 g/mol. The van der Waals surface area contributed by atoms with Gasteiger partial charge in [-0.1, -0.05) is 51.1 Å². The van der Waals surface area contributed by atoms with Gasteiger partial charge in [-0.2, -0.15) is 0 Å². The summed E-state index contributed by atoms with van der Waals surface area (Å²) in [6.07, 6.45) is 2.56. The summed E-state index contributed by atoms with van der Waals surface area (Å²) in [5, 5.41) is 13.2. The minimum absolute atomic E-state index is 0.0397. The number of nitrogens with one attached hydrogen (secondary N) is 1. The van der Waals surface area contributed by atoms with Crippen molar-refractivity contribution in [1.29, 1.82) is 0 Å². The number of urea groups is 1. The van der Waals surface area contributed by atoms with Gasteiger partial charge in [0.1, 0.15) is 0 Å². The van der Waals surface area contributed by atoms with Crippen molar-refractivity contribution in [2.75, 3.05) is 13.6 Å². The molecule has 2 amide bonds. The van der Waals surface area contributed by atoms with E-state index in [9.17, 15) is 9.90 Å². The van der Waals surface area contributed by atoms with Gasteiger partial charge in [-0.3, -0.25) is 0 Å². The van der Waals surface area contributed by atoms with Gasteiger partial charge in [0.25, 0.3) is 0 Å². The molecule has 1 fully saturated rings. The zero-order valence-electron chi connectivity index (χ0n) is 14.7. The van der Waals surface area contributed by atoms with Crippen LogP contribution < -0.4 is 5.32 Å². The van der Waals surface area contributed by atoms with Crippen LogP contribution in [0.1, 0.15) is 39.2 Å². The first-order valence-electron chi connectivity index (χ1n) is 8.51. The van der Waals surface area contributed by atoms with E-state index in [-0.39, 0.29) is 17.5 Å². The molecule has 2 rings (SSSR count). The van der Waals surface area contributed by atoms with Gasteiger partial charge in [0.2, 0.25) is 0 Å². The highest BCUT2D eigenvalue weighted by Crippen LogP contribution is 2.32. The van der Waals surface area contributed by atoms with Gasteiger partial charge in [0, 0.05) is 19.6 Å². The third kappa shape index (κ3) is 5.54. The van der Waals surface area contributed by atoms with E-state index in [4.69, 9.17) is 0 Å². The molecule has 1 aliphatic rings. The van der Waals surface area contributed by atoms with Gasteiger partial charge in [-0.25, -0.2) is 4.79 Å². The summed E-state index contributed by atoms with van der Waals surface area (Å²) < 4.78 is 0. The molecule has 0 radical (unpaired) electrons. The topological polar surface area (TPSA) is 52.6 Å². The second-order valence-electron chi connectivity index (χ2n) is 7.84. The van der Waals surface area contributed by atoms with E-state index in [0.29, 0.717) is 12.5 Å². The molecule has 4 nitrogen and oxygen atoms in total. The van der Waals surface area contributed by atoms with Crippen LogP contribution in [0.5, 0.6) is 0 Å². The summed E-state index contributed by atoms with van der Waals surface area (Å²) in [7, 11) is 1.75. The highest BCUT2D eigenvalue weighted by molar-refractivity contribution is 5.74. The molecular formula is C19H30N2O2. The molecule has 1 aromatic carbocycles. The Morgan fingerprint density at radius 3 is 2.43 bits per heavy atom. The number of amides is 2. The molecule has 0 heterocycles. The van der Waals surface area contributed by atoms with E-state index in [1.165, 1.54) is 5.56 Å². The minimum atomic E-state index is -0.395. The Morgan fingerprint density at radius 2 is 1.91 bits per heavy atom. The third-order valence-corrected chi connectivity index (χ3v) is 4.60. The van der Waals surface area contributed by atoms with Crippen LogP contribution in [0.25, 0.3) is 0 Å². The average Bonchev–Trinajstić information content (AvgIpc) is 3.31. The second-order valence-corrected chi connectivity index (χ2v) is 7.84. The number of hydrogen-bond donors (Lipinski definition) is 2. The predicted octanol–water partition coefficient (Wildman–Crippen LogP) is 3.06. The van der Waals surface area contributed by atoms with Crippen molar-refractivity contribution in [2.45, 2.75) is 52.2 Å². The van der Waals surface area contributed by atoms with Crippen molar-refractivity contribution in [3.63, 3.8) is 0 Å². The lowest BCUT2D eigenvalue weighted by atomic mass is 9.83. The molecule has 0 aromatic heterocycles. The quantitative estimate of drug-likeness (QED) is 0.847. The molecule has 4 heteroatoms. The van der Waals surface area contributed by atoms with E-state index in [2.05, 4.69) is 38.2 Å². The van der Waals surface area contributed by atoms with Crippen molar-refractivity contribution < 1.29 is 9.90 Å². The van der Waals surface area contributed by atoms with E-state index in [1.54, 1.807) is 11.9 Å². The first-order chi connectivity index (χ1) is 10.8. The molecule has 1 aromatic rings. The van der Waals surface area contributed by atoms with E-state index >= 15 is 0 Å². The normalized spacial score (nSPS) is 17.4. The lowest BCUT2D eigenvalue weighted by molar-refractivity contribution is 0.110. The first kappa shape index (κ1) is 17.8. The van der Waals surface area contributed by atoms with E-state index in [1.807, 2.05) is 18.2 Å². The lowest BCUT2D eigenvalue weighted by Gasteiger charge is -2.33. The molecule has 2 atom stereocenters. The van der Waals surface area contributed by atoms with Crippen LogP contribution in [0.4, 0.5) is 4.79 Å². The maximum atomic E-state index is 12.5. The van der Waals surface area contributed by atoms with Gasteiger partial charge in [-0.05, 0) is 36.2 Å². The number of benzene rings is 1. The Bertz CT molecular complexity index is 506. The fraction of sp³-hybridized carbons (Fsp3) is 0.632. The largest absolute Gasteiger partial charge is 0.391 e. The molecule has 0 spiro atoms. The second kappa shape index (κ2) is 7.35. The van der Waals surface area contributed by atoms with Gasteiger partial charge in [0.15, 0.2) is 0 Å². The summed E-state index contributed by atoms with van der Waals surface area (Å²) in [6, 6.07) is 10.2. The Labute approximate surface area is 139 Å². The number of rotatable bonds is 6. The van der Waals surface area contributed by atoms with Crippen LogP contribution >= 0.6 is 0 Å². The Hall–Kier alpha value is -1.55. The van der Waals surface area contributed by atoms with Crippen LogP contribution in [0.2, 0.25) is 0 Å². The molecule has 2 N–H and O–H groups in total. The molecule has 0 bridgehead atoms. The highest BCUT2D eigenvalue weighted by Gasteiger charge is 2.32. The fourth-order valence-electron chi connectivity index (χ4n) is 2.68. The Kier molecular flexibility index (Phi) is 5.69. The van der Waals surface area contributed by atoms with Gasteiger partial charge in [-0.15, -0.1) is 0 Å². The standard InChI is InChI=1S/C19H30N2O2/c1-19(2,3)17(12-14-8-6-5-7-9-14)20-18(23)21(4)13-16(22)15-10-11-15/h5-9,15-17,22H,10-13H2,1-4H3,(H,20,23). The van der Waals surface area contributed by atoms with Crippen molar-refractivity contribution in [3.8, 4) is 0 Å². The summed E-state index contributed by atoms with van der Waals surface area (Å²) in [5.41, 5.74) is 1.18. The van der Waals surface area contributed by atoms with Gasteiger partial charge in [0.05, 0.1) is 6.10 Å². The molecular weight excluding hydrogens is 288 g/mol. The van der Waals surface area contributed by atoms with Crippen LogP contribution in [-0.4, -0.2) is 41.8 Å². The Balaban J connectivity index is 1.95. The van der Waals surface area contributed by atoms with Crippen LogP contribution in [0.15, 0.2) is 30.3 Å². The van der Waals surface area contributed by atoms with Crippen LogP contribution in [0, 0.1) is 11.3 Å². The number of nitrogens with zero attached hydrogens (tertiary/aromatic N) is 1. The average molecular weight is 318 g/mol. The number of carbonyl (C=O) groups is 1. The third-order valence-electron chi connectivity index (χ3n) is 4.60. The van der Waals surface area contributed by atoms with Crippen LogP contribution in [-0.2, 0) is 6.42 Å². The number of aliphatic hydroxyl groups is 1. The number of hydrogen-bond acceptors (Lipinski definition) is 2. The van der Waals surface area contributed by atoms with Crippen molar-refractivity contribution in [3.05, 3.63) is 35.9 Å². The summed E-state index contributed by atoms with van der Waals surface area (Å²) in [6.45, 7) is 6.82. The zero-order chi connectivity index (χ0) is 17.0. The number of likely N-dealkylation sites (N-methyl/N-ethyl adjacent to an activating group) is 1. The number of aliphatic hydroxyl groups excluding tert-OH is 1. The lowest BCUT2D eigenvalue weighted by Crippen LogP contribution is -2.51. The highest BCUT2D eigenvalue weighted by atomic mass is 16.3. The molecule has 1 aliphatic carbocycles. The molecule has 0 saturated heterocycles. The van der Waals surface area contributed by atoms with Gasteiger partial charge < -0.3 is 15.3 Å². The molecule has 1 saturated carbocycles. The van der Waals surface area contributed by atoms with Gasteiger partial charge >= 0.3 is 6.03 Å². The molecule has 0 aliphatic heterocycles. The molecule has 2 unspecified atom stereocenters. The zero-order valence-corrected chi connectivity index (χ0v) is 14.7. The molecule has 23 heavy (non-hydrogen) atoms. The first-order valence-corrected chi connectivity index (χ1v) is 8.51. The number of carbonyl (C=O) groups excluding carboxylic acids is 1. The summed E-state index contributed by atoms with van der Waals surface area (Å²) >= 11 is 0. The van der Waals surface area contributed by atoms with Crippen molar-refractivity contribution in [1.82, 2.24) is 10.2 Å². The molecule has 128 valence electrons. The Morgan fingerprint density at radius 1 is 1.30 bits per heavy atom. The van der Waals surface area contributed by atoms with Crippen molar-refractivity contribution in [2.24, 2.45) is 11.3 Å². The summed E-state index contributed by atoms with van der Waals surface area (Å²) in [5.74, 6) is 0.382. The maximum absolute atomic E-state index is 12.5. The summed E-state index contributed by atoms with van der Waals surface area (Å²) in [4.78, 5) is 14.1. The van der Waals surface area contributed by atoms with Crippen molar-refractivity contribution >= 4 is 6.03 Å². The maximum Gasteiger partial charge on any atom is 0.317 e. The smallest absolute Gasteiger partial charge is 0.317 e. The predicted molar refractivity (Wildman–Crippen MR) is 93.3 cm³/mol. The SMILES string of the molecule is CN(CC(O)C1CC1)C(=O)NC(Cc1ccccc1)C(C)(C)C.